The molecule has 0 unspecified atom stereocenters. The molecule has 0 spiro atoms. The van der Waals surface area contributed by atoms with Gasteiger partial charge in [0, 0.05) is 30.5 Å². The van der Waals surface area contributed by atoms with Crippen molar-refractivity contribution in [2.24, 2.45) is 0 Å². The summed E-state index contributed by atoms with van der Waals surface area (Å²) in [6.45, 7) is 3.56. The van der Waals surface area contributed by atoms with E-state index in [-0.39, 0.29) is 12.0 Å². The number of para-hydroxylation sites is 1. The Balaban J connectivity index is 1.72. The van der Waals surface area contributed by atoms with Crippen molar-refractivity contribution in [3.63, 3.8) is 0 Å². The molecule has 6 heteroatoms. The minimum atomic E-state index is -0.211. The molecule has 0 bridgehead atoms. The number of nitrogens with one attached hydrogen (secondary N) is 1. The summed E-state index contributed by atoms with van der Waals surface area (Å²) in [6, 6.07) is 11.6. The average Bonchev–Trinajstić information content (AvgIpc) is 2.68. The van der Waals surface area contributed by atoms with Crippen LogP contribution < -0.4 is 10.1 Å². The van der Waals surface area contributed by atoms with Gasteiger partial charge in [0.15, 0.2) is 0 Å². The number of aryl methyl sites for hydroxylation is 1. The van der Waals surface area contributed by atoms with Crippen molar-refractivity contribution >= 4 is 11.6 Å². The number of morpholine rings is 1. The number of pyridine rings is 1. The first kappa shape index (κ1) is 18.2. The predicted octanol–water partition coefficient (Wildman–Crippen LogP) is 2.58. The third kappa shape index (κ3) is 4.14. The van der Waals surface area contributed by atoms with Gasteiger partial charge in [0.05, 0.1) is 32.4 Å². The van der Waals surface area contributed by atoms with Crippen molar-refractivity contribution in [1.29, 1.82) is 0 Å². The lowest BCUT2D eigenvalue weighted by molar-refractivity contribution is -0.138. The number of carbonyl (C=O) groups excluding carboxylic acids is 1. The zero-order valence-electron chi connectivity index (χ0n) is 15.5. The average molecular weight is 355 g/mol. The van der Waals surface area contributed by atoms with Crippen LogP contribution in [0.15, 0.2) is 36.4 Å². The Morgan fingerprint density at radius 2 is 2.19 bits per heavy atom. The molecule has 1 aliphatic heterocycles. The highest BCUT2D eigenvalue weighted by molar-refractivity contribution is 5.79. The molecule has 1 fully saturated rings. The summed E-state index contributed by atoms with van der Waals surface area (Å²) >= 11 is 0. The van der Waals surface area contributed by atoms with E-state index >= 15 is 0 Å². The van der Waals surface area contributed by atoms with E-state index in [2.05, 4.69) is 10.3 Å². The van der Waals surface area contributed by atoms with E-state index in [4.69, 9.17) is 9.47 Å². The van der Waals surface area contributed by atoms with Gasteiger partial charge in [0.1, 0.15) is 11.9 Å². The molecule has 1 N–H and O–H groups in total. The second-order valence-electron chi connectivity index (χ2n) is 6.36. The highest BCUT2D eigenvalue weighted by Gasteiger charge is 2.27. The SMILES string of the molecule is CNc1cc(C)nc([C@H]2CN(C(=O)Cc3ccccc3OC)CCO2)c1. The number of benzene rings is 1. The van der Waals surface area contributed by atoms with Crippen LogP contribution in [0.4, 0.5) is 5.69 Å². The lowest BCUT2D eigenvalue weighted by Crippen LogP contribution is -2.43. The molecule has 2 heterocycles. The van der Waals surface area contributed by atoms with Crippen LogP contribution in [0.3, 0.4) is 0 Å². The minimum absolute atomic E-state index is 0.0734. The van der Waals surface area contributed by atoms with Gasteiger partial charge in [-0.1, -0.05) is 18.2 Å². The van der Waals surface area contributed by atoms with E-state index in [9.17, 15) is 4.79 Å². The maximum atomic E-state index is 12.8. The van der Waals surface area contributed by atoms with Crippen LogP contribution in [-0.2, 0) is 16.0 Å². The standard InChI is InChI=1S/C20H25N3O3/c1-14-10-16(21-2)12-17(22-14)19-13-23(8-9-26-19)20(24)11-15-6-4-5-7-18(15)25-3/h4-7,10,12,19H,8-9,11,13H2,1-3H3,(H,21,22)/t19-/m1/s1. The third-order valence-electron chi connectivity index (χ3n) is 4.55. The Kier molecular flexibility index (Phi) is 5.73. The molecule has 1 aromatic heterocycles. The number of hydrogen-bond donors (Lipinski definition) is 1. The second kappa shape index (κ2) is 8.19. The molecular formula is C20H25N3O3. The van der Waals surface area contributed by atoms with E-state index < -0.39 is 0 Å². The molecule has 6 nitrogen and oxygen atoms in total. The van der Waals surface area contributed by atoms with Crippen molar-refractivity contribution < 1.29 is 14.3 Å². The Bertz CT molecular complexity index is 779. The van der Waals surface area contributed by atoms with E-state index in [0.717, 1.165) is 28.4 Å². The maximum Gasteiger partial charge on any atom is 0.227 e. The summed E-state index contributed by atoms with van der Waals surface area (Å²) in [6.07, 6.45) is 0.108. The molecule has 0 saturated carbocycles. The van der Waals surface area contributed by atoms with E-state index in [1.165, 1.54) is 0 Å². The summed E-state index contributed by atoms with van der Waals surface area (Å²) in [4.78, 5) is 19.2. The molecule has 1 aliphatic rings. The lowest BCUT2D eigenvalue weighted by Gasteiger charge is -2.33. The van der Waals surface area contributed by atoms with Gasteiger partial charge < -0.3 is 19.7 Å². The quantitative estimate of drug-likeness (QED) is 0.893. The van der Waals surface area contributed by atoms with Crippen molar-refractivity contribution in [1.82, 2.24) is 9.88 Å². The number of carbonyl (C=O) groups is 1. The zero-order valence-corrected chi connectivity index (χ0v) is 15.5. The Hall–Kier alpha value is -2.60. The molecule has 26 heavy (non-hydrogen) atoms. The van der Waals surface area contributed by atoms with Crippen LogP contribution in [0.25, 0.3) is 0 Å². The second-order valence-corrected chi connectivity index (χ2v) is 6.36. The topological polar surface area (TPSA) is 63.7 Å². The van der Waals surface area contributed by atoms with Crippen LogP contribution in [0.1, 0.15) is 23.1 Å². The summed E-state index contributed by atoms with van der Waals surface area (Å²) in [5.74, 6) is 0.814. The molecule has 3 rings (SSSR count). The highest BCUT2D eigenvalue weighted by Crippen LogP contribution is 2.25. The molecule has 1 atom stereocenters. The van der Waals surface area contributed by atoms with Crippen molar-refractivity contribution in [2.45, 2.75) is 19.4 Å². The Morgan fingerprint density at radius 1 is 1.38 bits per heavy atom. The van der Waals surface area contributed by atoms with E-state index in [1.54, 1.807) is 7.11 Å². The lowest BCUT2D eigenvalue weighted by atomic mass is 10.1. The first-order valence-corrected chi connectivity index (χ1v) is 8.78. The number of hydrogen-bond acceptors (Lipinski definition) is 5. The first-order chi connectivity index (χ1) is 12.6. The van der Waals surface area contributed by atoms with Crippen LogP contribution >= 0.6 is 0 Å². The summed E-state index contributed by atoms with van der Waals surface area (Å²) in [5.41, 5.74) is 3.67. The monoisotopic (exact) mass is 355 g/mol. The van der Waals surface area contributed by atoms with Gasteiger partial charge in [-0.15, -0.1) is 0 Å². The van der Waals surface area contributed by atoms with Gasteiger partial charge in [0.25, 0.3) is 0 Å². The van der Waals surface area contributed by atoms with Crippen LogP contribution in [0.2, 0.25) is 0 Å². The Morgan fingerprint density at radius 3 is 2.96 bits per heavy atom. The van der Waals surface area contributed by atoms with E-state index in [0.29, 0.717) is 26.1 Å². The van der Waals surface area contributed by atoms with Crippen LogP contribution in [0.5, 0.6) is 5.75 Å². The molecule has 1 aromatic carbocycles. The van der Waals surface area contributed by atoms with Crippen molar-refractivity contribution in [3.8, 4) is 5.75 Å². The zero-order chi connectivity index (χ0) is 18.5. The number of anilines is 1. The number of ether oxygens (including phenoxy) is 2. The summed E-state index contributed by atoms with van der Waals surface area (Å²) in [7, 11) is 3.50. The fourth-order valence-electron chi connectivity index (χ4n) is 3.18. The number of rotatable bonds is 5. The fourth-order valence-corrected chi connectivity index (χ4v) is 3.18. The number of nitrogens with zero attached hydrogens (tertiary/aromatic N) is 2. The van der Waals surface area contributed by atoms with Gasteiger partial charge in [-0.25, -0.2) is 0 Å². The number of amides is 1. The smallest absolute Gasteiger partial charge is 0.227 e. The van der Waals surface area contributed by atoms with E-state index in [1.807, 2.05) is 55.3 Å². The van der Waals surface area contributed by atoms with Crippen LogP contribution in [0, 0.1) is 6.92 Å². The van der Waals surface area contributed by atoms with Gasteiger partial charge in [-0.05, 0) is 25.1 Å². The Labute approximate surface area is 154 Å². The number of aromatic nitrogens is 1. The fraction of sp³-hybridized carbons (Fsp3) is 0.400. The van der Waals surface area contributed by atoms with Crippen molar-refractivity contribution in [2.75, 3.05) is 39.2 Å². The third-order valence-corrected chi connectivity index (χ3v) is 4.55. The summed E-state index contributed by atoms with van der Waals surface area (Å²) < 4.78 is 11.2. The highest BCUT2D eigenvalue weighted by atomic mass is 16.5. The first-order valence-electron chi connectivity index (χ1n) is 8.78. The molecule has 0 radical (unpaired) electrons. The molecule has 1 saturated heterocycles. The van der Waals surface area contributed by atoms with Gasteiger partial charge in [-0.2, -0.15) is 0 Å². The summed E-state index contributed by atoms with van der Waals surface area (Å²) in [5, 5.41) is 3.14. The molecular weight excluding hydrogens is 330 g/mol. The minimum Gasteiger partial charge on any atom is -0.496 e. The maximum absolute atomic E-state index is 12.8. The number of methoxy groups -OCH3 is 1. The largest absolute Gasteiger partial charge is 0.496 e. The van der Waals surface area contributed by atoms with Gasteiger partial charge >= 0.3 is 0 Å². The van der Waals surface area contributed by atoms with Gasteiger partial charge in [-0.3, -0.25) is 9.78 Å². The predicted molar refractivity (Wildman–Crippen MR) is 100 cm³/mol. The molecule has 0 aliphatic carbocycles. The molecule has 1 amide bonds. The normalized spacial score (nSPS) is 17.0. The molecule has 138 valence electrons. The van der Waals surface area contributed by atoms with Crippen LogP contribution in [-0.4, -0.2) is 49.6 Å². The van der Waals surface area contributed by atoms with Gasteiger partial charge in [0.2, 0.25) is 5.91 Å². The molecule has 2 aromatic rings. The van der Waals surface area contributed by atoms with Crippen molar-refractivity contribution in [3.05, 3.63) is 53.3 Å².